The summed E-state index contributed by atoms with van der Waals surface area (Å²) in [7, 11) is 1.65. The molecule has 0 amide bonds. The van der Waals surface area contributed by atoms with Gasteiger partial charge in [0.15, 0.2) is 5.96 Å². The molecule has 3 N–H and O–H groups in total. The van der Waals surface area contributed by atoms with Gasteiger partial charge < -0.3 is 15.8 Å². The van der Waals surface area contributed by atoms with Gasteiger partial charge in [0.05, 0.1) is 7.11 Å². The molecule has 1 rings (SSSR count). The van der Waals surface area contributed by atoms with Crippen LogP contribution in [0.1, 0.15) is 40.0 Å². The van der Waals surface area contributed by atoms with Crippen molar-refractivity contribution in [1.29, 1.82) is 0 Å². The van der Waals surface area contributed by atoms with Crippen molar-refractivity contribution >= 4 is 11.6 Å². The molecule has 1 aromatic rings. The molecule has 0 heterocycles. The number of guanidine groups is 1. The van der Waals surface area contributed by atoms with Crippen LogP contribution in [-0.2, 0) is 0 Å². The maximum atomic E-state index is 5.97. The summed E-state index contributed by atoms with van der Waals surface area (Å²) in [5, 5.41) is 3.11. The summed E-state index contributed by atoms with van der Waals surface area (Å²) in [6, 6.07) is 7.66. The number of hydrogen-bond donors (Lipinski definition) is 2. The van der Waals surface area contributed by atoms with Gasteiger partial charge in [0.25, 0.3) is 0 Å². The van der Waals surface area contributed by atoms with Gasteiger partial charge in [-0.3, -0.25) is 4.99 Å². The van der Waals surface area contributed by atoms with Gasteiger partial charge in [0.2, 0.25) is 0 Å². The molecule has 0 aliphatic carbocycles. The Labute approximate surface area is 122 Å². The second-order valence-electron chi connectivity index (χ2n) is 5.12. The summed E-state index contributed by atoms with van der Waals surface area (Å²) >= 11 is 0. The Kier molecular flexibility index (Phi) is 6.36. The third-order valence-electron chi connectivity index (χ3n) is 4.18. The van der Waals surface area contributed by atoms with Crippen molar-refractivity contribution in [3.63, 3.8) is 0 Å². The zero-order valence-electron chi connectivity index (χ0n) is 13.1. The number of ether oxygens (including phenoxy) is 1. The molecule has 4 nitrogen and oxygen atoms in total. The summed E-state index contributed by atoms with van der Waals surface area (Å²) < 4.78 is 5.18. The monoisotopic (exact) mass is 277 g/mol. The Morgan fingerprint density at radius 2 is 1.90 bits per heavy atom. The molecule has 0 saturated carbocycles. The number of anilines is 1. The van der Waals surface area contributed by atoms with Crippen LogP contribution in [0.4, 0.5) is 5.69 Å². The Morgan fingerprint density at radius 3 is 2.45 bits per heavy atom. The molecule has 0 atom stereocenters. The first-order valence-electron chi connectivity index (χ1n) is 7.30. The van der Waals surface area contributed by atoms with Gasteiger partial charge in [-0.05, 0) is 36.8 Å². The fraction of sp³-hybridized carbons (Fsp3) is 0.562. The van der Waals surface area contributed by atoms with Gasteiger partial charge >= 0.3 is 0 Å². The van der Waals surface area contributed by atoms with E-state index in [4.69, 9.17) is 10.5 Å². The molecular formula is C16H27N3O. The third kappa shape index (κ3) is 4.44. The SMILES string of the molecule is CCC(CC)(CC)CN=C(N)Nc1cccc(OC)c1. The summed E-state index contributed by atoms with van der Waals surface area (Å²) in [6.07, 6.45) is 3.36. The van der Waals surface area contributed by atoms with Gasteiger partial charge in [-0.25, -0.2) is 0 Å². The Morgan fingerprint density at radius 1 is 1.25 bits per heavy atom. The minimum absolute atomic E-state index is 0.265. The Hall–Kier alpha value is -1.71. The lowest BCUT2D eigenvalue weighted by molar-refractivity contribution is 0.263. The Balaban J connectivity index is 2.69. The van der Waals surface area contributed by atoms with Crippen LogP contribution in [0.15, 0.2) is 29.3 Å². The van der Waals surface area contributed by atoms with Crippen LogP contribution in [-0.4, -0.2) is 19.6 Å². The zero-order chi connectivity index (χ0) is 15.0. The van der Waals surface area contributed by atoms with Gasteiger partial charge in [-0.1, -0.05) is 26.8 Å². The molecule has 0 aromatic heterocycles. The quantitative estimate of drug-likeness (QED) is 0.591. The van der Waals surface area contributed by atoms with E-state index in [1.165, 1.54) is 0 Å². The molecular weight excluding hydrogens is 250 g/mol. The number of hydrogen-bond acceptors (Lipinski definition) is 2. The molecule has 20 heavy (non-hydrogen) atoms. The van der Waals surface area contributed by atoms with Gasteiger partial charge in [-0.2, -0.15) is 0 Å². The summed E-state index contributed by atoms with van der Waals surface area (Å²) in [5.41, 5.74) is 7.12. The van der Waals surface area contributed by atoms with Crippen molar-refractivity contribution in [2.75, 3.05) is 19.0 Å². The highest BCUT2D eigenvalue weighted by Gasteiger charge is 2.23. The number of benzene rings is 1. The van der Waals surface area contributed by atoms with E-state index in [1.807, 2.05) is 24.3 Å². The lowest BCUT2D eigenvalue weighted by Crippen LogP contribution is -2.27. The van der Waals surface area contributed by atoms with E-state index in [0.717, 1.165) is 37.2 Å². The molecule has 112 valence electrons. The number of rotatable bonds is 7. The fourth-order valence-electron chi connectivity index (χ4n) is 2.23. The molecule has 0 aliphatic heterocycles. The molecule has 0 bridgehead atoms. The van der Waals surface area contributed by atoms with E-state index in [0.29, 0.717) is 5.96 Å². The first kappa shape index (κ1) is 16.3. The topological polar surface area (TPSA) is 59.6 Å². The van der Waals surface area contributed by atoms with Crippen LogP contribution in [0.2, 0.25) is 0 Å². The second kappa shape index (κ2) is 7.78. The standard InChI is InChI=1S/C16H27N3O/c1-5-16(6-2,7-3)12-18-15(17)19-13-9-8-10-14(11-13)20-4/h8-11H,5-7,12H2,1-4H3,(H3,17,18,19). The molecule has 0 fully saturated rings. The van der Waals surface area contributed by atoms with Crippen LogP contribution in [0.3, 0.4) is 0 Å². The van der Waals surface area contributed by atoms with Gasteiger partial charge in [-0.15, -0.1) is 0 Å². The first-order valence-corrected chi connectivity index (χ1v) is 7.30. The maximum absolute atomic E-state index is 5.97. The van der Waals surface area contributed by atoms with Crippen molar-refractivity contribution in [2.24, 2.45) is 16.1 Å². The molecule has 0 unspecified atom stereocenters. The van der Waals surface area contributed by atoms with Gasteiger partial charge in [0.1, 0.15) is 5.75 Å². The van der Waals surface area contributed by atoms with Crippen molar-refractivity contribution in [2.45, 2.75) is 40.0 Å². The van der Waals surface area contributed by atoms with E-state index in [-0.39, 0.29) is 5.41 Å². The minimum atomic E-state index is 0.265. The summed E-state index contributed by atoms with van der Waals surface area (Å²) in [4.78, 5) is 4.50. The highest BCUT2D eigenvalue weighted by Crippen LogP contribution is 2.30. The van der Waals surface area contributed by atoms with Crippen molar-refractivity contribution in [1.82, 2.24) is 0 Å². The van der Waals surface area contributed by atoms with Crippen molar-refractivity contribution in [3.8, 4) is 5.75 Å². The van der Waals surface area contributed by atoms with E-state index in [1.54, 1.807) is 7.11 Å². The minimum Gasteiger partial charge on any atom is -0.497 e. The third-order valence-corrected chi connectivity index (χ3v) is 4.18. The highest BCUT2D eigenvalue weighted by molar-refractivity contribution is 5.92. The molecule has 0 radical (unpaired) electrons. The molecule has 1 aromatic carbocycles. The molecule has 0 saturated heterocycles. The average Bonchev–Trinajstić information content (AvgIpc) is 2.49. The predicted octanol–water partition coefficient (Wildman–Crippen LogP) is 3.64. The number of aliphatic imine (C=N–C) groups is 1. The second-order valence-corrected chi connectivity index (χ2v) is 5.12. The summed E-state index contributed by atoms with van der Waals surface area (Å²) in [6.45, 7) is 7.41. The fourth-order valence-corrected chi connectivity index (χ4v) is 2.23. The zero-order valence-corrected chi connectivity index (χ0v) is 13.1. The van der Waals surface area contributed by atoms with Crippen molar-refractivity contribution < 1.29 is 4.74 Å². The lowest BCUT2D eigenvalue weighted by Gasteiger charge is -2.28. The Bertz CT molecular complexity index is 431. The van der Waals surface area contributed by atoms with E-state index >= 15 is 0 Å². The van der Waals surface area contributed by atoms with E-state index in [9.17, 15) is 0 Å². The first-order chi connectivity index (χ1) is 9.59. The van der Waals surface area contributed by atoms with E-state index < -0.39 is 0 Å². The van der Waals surface area contributed by atoms with Crippen LogP contribution < -0.4 is 15.8 Å². The van der Waals surface area contributed by atoms with Gasteiger partial charge in [0, 0.05) is 18.3 Å². The largest absolute Gasteiger partial charge is 0.497 e. The number of nitrogens with one attached hydrogen (secondary N) is 1. The molecule has 4 heteroatoms. The smallest absolute Gasteiger partial charge is 0.193 e. The van der Waals surface area contributed by atoms with Crippen LogP contribution in [0.5, 0.6) is 5.75 Å². The predicted molar refractivity (Wildman–Crippen MR) is 86.4 cm³/mol. The summed E-state index contributed by atoms with van der Waals surface area (Å²) in [5.74, 6) is 1.26. The number of nitrogens with two attached hydrogens (primary N) is 1. The van der Waals surface area contributed by atoms with Crippen LogP contribution in [0.25, 0.3) is 0 Å². The lowest BCUT2D eigenvalue weighted by atomic mass is 9.80. The van der Waals surface area contributed by atoms with Crippen LogP contribution >= 0.6 is 0 Å². The molecule has 0 aliphatic rings. The van der Waals surface area contributed by atoms with E-state index in [2.05, 4.69) is 31.1 Å². The number of nitrogens with zero attached hydrogens (tertiary/aromatic N) is 1. The average molecular weight is 277 g/mol. The number of methoxy groups -OCH3 is 1. The van der Waals surface area contributed by atoms with Crippen molar-refractivity contribution in [3.05, 3.63) is 24.3 Å². The molecule has 0 spiro atoms. The highest BCUT2D eigenvalue weighted by atomic mass is 16.5. The normalized spacial score (nSPS) is 12.3. The maximum Gasteiger partial charge on any atom is 0.193 e. The van der Waals surface area contributed by atoms with Crippen LogP contribution in [0, 0.1) is 5.41 Å².